The van der Waals surface area contributed by atoms with Crippen molar-refractivity contribution in [2.24, 2.45) is 0 Å². The maximum atomic E-state index is 6.85. The summed E-state index contributed by atoms with van der Waals surface area (Å²) in [6, 6.07) is 43.4. The molecule has 47 heavy (non-hydrogen) atoms. The average molecular weight is 606 g/mol. The topological polar surface area (TPSA) is 65.0 Å². The van der Waals surface area contributed by atoms with E-state index in [1.807, 2.05) is 84.9 Å². The number of benzene rings is 6. The van der Waals surface area contributed by atoms with Gasteiger partial charge in [-0.15, -0.1) is 0 Å². The molecule has 6 aromatic carbocycles. The smallest absolute Gasteiger partial charge is 0.164 e. The van der Waals surface area contributed by atoms with E-state index in [1.54, 1.807) is 0 Å². The summed E-state index contributed by atoms with van der Waals surface area (Å²) in [4.78, 5) is 15.3. The van der Waals surface area contributed by atoms with E-state index in [2.05, 4.69) is 56.3 Å². The van der Waals surface area contributed by atoms with E-state index >= 15 is 0 Å². The van der Waals surface area contributed by atoms with Gasteiger partial charge in [0, 0.05) is 54.8 Å². The van der Waals surface area contributed by atoms with Gasteiger partial charge in [-0.25, -0.2) is 15.0 Å². The maximum absolute atomic E-state index is 6.85. The van der Waals surface area contributed by atoms with Crippen molar-refractivity contribution in [2.75, 3.05) is 0 Å². The van der Waals surface area contributed by atoms with Crippen molar-refractivity contribution in [2.45, 2.75) is 19.3 Å². The van der Waals surface area contributed by atoms with Crippen molar-refractivity contribution in [1.82, 2.24) is 15.0 Å². The average Bonchev–Trinajstić information content (AvgIpc) is 3.77. The van der Waals surface area contributed by atoms with Gasteiger partial charge in [-0.2, -0.15) is 0 Å². The van der Waals surface area contributed by atoms with Gasteiger partial charge < -0.3 is 8.83 Å². The summed E-state index contributed by atoms with van der Waals surface area (Å²) in [6.45, 7) is 4.56. The fraction of sp³-hybridized carbons (Fsp3) is 0.0714. The number of rotatable bonds is 3. The van der Waals surface area contributed by atoms with E-state index in [4.69, 9.17) is 23.8 Å². The minimum atomic E-state index is -0.336. The summed E-state index contributed by atoms with van der Waals surface area (Å²) in [5.74, 6) is 1.86. The molecule has 1 aliphatic carbocycles. The van der Waals surface area contributed by atoms with E-state index in [0.717, 1.165) is 77.3 Å². The van der Waals surface area contributed by atoms with Crippen LogP contribution < -0.4 is 0 Å². The predicted octanol–water partition coefficient (Wildman–Crippen LogP) is 11.0. The van der Waals surface area contributed by atoms with E-state index in [9.17, 15) is 0 Å². The third-order valence-electron chi connectivity index (χ3n) is 9.73. The Kier molecular flexibility index (Phi) is 5.28. The number of hydrogen-bond donors (Lipinski definition) is 0. The minimum absolute atomic E-state index is 0.336. The monoisotopic (exact) mass is 605 g/mol. The van der Waals surface area contributed by atoms with Gasteiger partial charge in [0.15, 0.2) is 17.5 Å². The van der Waals surface area contributed by atoms with Crippen molar-refractivity contribution in [3.63, 3.8) is 0 Å². The van der Waals surface area contributed by atoms with Crippen LogP contribution in [0, 0.1) is 0 Å². The Labute approximate surface area is 270 Å². The molecule has 0 unspecified atom stereocenters. The van der Waals surface area contributed by atoms with Crippen LogP contribution in [-0.4, -0.2) is 15.0 Å². The zero-order valence-electron chi connectivity index (χ0n) is 25.8. The summed E-state index contributed by atoms with van der Waals surface area (Å²) in [5.41, 5.74) is 10.4. The van der Waals surface area contributed by atoms with Crippen LogP contribution in [0.3, 0.4) is 0 Å². The SMILES string of the molecule is CC1(C)c2ccc3c(oc4ccccc43)c2-c2c1cc(-c1nc(-c3ccccc3)nc(-c3ccccc3)n1)c1c2oc2ccccc21. The van der Waals surface area contributed by atoms with E-state index in [0.29, 0.717) is 17.5 Å². The van der Waals surface area contributed by atoms with Gasteiger partial charge >= 0.3 is 0 Å². The number of hydrogen-bond acceptors (Lipinski definition) is 5. The second kappa shape index (κ2) is 9.47. The highest BCUT2D eigenvalue weighted by Crippen LogP contribution is 2.57. The Hall–Kier alpha value is -6.07. The molecule has 0 saturated carbocycles. The lowest BCUT2D eigenvalue weighted by Crippen LogP contribution is -2.15. The normalized spacial score (nSPS) is 13.5. The van der Waals surface area contributed by atoms with E-state index < -0.39 is 0 Å². The van der Waals surface area contributed by atoms with Gasteiger partial charge in [0.2, 0.25) is 0 Å². The van der Waals surface area contributed by atoms with Crippen LogP contribution in [0.1, 0.15) is 25.0 Å². The number of nitrogens with zero attached hydrogens (tertiary/aromatic N) is 3. The largest absolute Gasteiger partial charge is 0.455 e. The van der Waals surface area contributed by atoms with Crippen LogP contribution in [-0.2, 0) is 5.41 Å². The lowest BCUT2D eigenvalue weighted by molar-refractivity contribution is 0.650. The molecule has 222 valence electrons. The van der Waals surface area contributed by atoms with Crippen LogP contribution in [0.25, 0.3) is 89.2 Å². The minimum Gasteiger partial charge on any atom is -0.455 e. The Morgan fingerprint density at radius 3 is 1.68 bits per heavy atom. The number of aromatic nitrogens is 3. The van der Waals surface area contributed by atoms with E-state index in [1.165, 1.54) is 5.56 Å². The standard InChI is InChI=1S/C42H27N3O2/c1-42(2)30-22-21-27-26-17-9-11-19-32(26)46-37(27)35(30)36-31(42)23-29(34-28-18-10-12-20-33(28)47-38(34)36)41-44-39(24-13-5-3-6-14-24)43-40(45-41)25-15-7-4-8-16-25/h3-23H,1-2H3. The zero-order chi connectivity index (χ0) is 31.3. The first-order valence-corrected chi connectivity index (χ1v) is 15.9. The molecule has 0 N–H and O–H groups in total. The lowest BCUT2D eigenvalue weighted by atomic mass is 9.81. The number of furan rings is 2. The molecule has 0 saturated heterocycles. The first-order valence-electron chi connectivity index (χ1n) is 15.9. The summed E-state index contributed by atoms with van der Waals surface area (Å²) in [5, 5.41) is 4.22. The summed E-state index contributed by atoms with van der Waals surface area (Å²) >= 11 is 0. The molecule has 0 spiro atoms. The van der Waals surface area contributed by atoms with Gasteiger partial charge in [0.1, 0.15) is 22.3 Å². The summed E-state index contributed by atoms with van der Waals surface area (Å²) in [6.07, 6.45) is 0. The highest BCUT2D eigenvalue weighted by molar-refractivity contribution is 6.21. The van der Waals surface area contributed by atoms with Crippen molar-refractivity contribution < 1.29 is 8.83 Å². The molecule has 0 atom stereocenters. The molecule has 0 radical (unpaired) electrons. The highest BCUT2D eigenvalue weighted by Gasteiger charge is 2.41. The Morgan fingerprint density at radius 2 is 1.00 bits per heavy atom. The maximum Gasteiger partial charge on any atom is 0.164 e. The third kappa shape index (κ3) is 3.68. The lowest BCUT2D eigenvalue weighted by Gasteiger charge is -2.22. The molecule has 5 nitrogen and oxygen atoms in total. The van der Waals surface area contributed by atoms with Crippen molar-refractivity contribution in [3.8, 4) is 45.3 Å². The quantitative estimate of drug-likeness (QED) is 0.200. The molecule has 9 aromatic rings. The highest BCUT2D eigenvalue weighted by atomic mass is 16.3. The predicted molar refractivity (Wildman–Crippen MR) is 188 cm³/mol. The molecule has 10 rings (SSSR count). The fourth-order valence-electron chi connectivity index (χ4n) is 7.45. The molecule has 3 heterocycles. The Balaban J connectivity index is 1.34. The van der Waals surface area contributed by atoms with Crippen LogP contribution in [0.5, 0.6) is 0 Å². The second-order valence-corrected chi connectivity index (χ2v) is 12.8. The molecule has 0 bridgehead atoms. The van der Waals surface area contributed by atoms with Crippen molar-refractivity contribution >= 4 is 43.9 Å². The molecule has 0 amide bonds. The van der Waals surface area contributed by atoms with Gasteiger partial charge in [-0.05, 0) is 29.3 Å². The molecule has 0 fully saturated rings. The third-order valence-corrected chi connectivity index (χ3v) is 9.73. The van der Waals surface area contributed by atoms with Crippen LogP contribution in [0.2, 0.25) is 0 Å². The van der Waals surface area contributed by atoms with Crippen LogP contribution in [0.15, 0.2) is 136 Å². The Morgan fingerprint density at radius 1 is 0.468 bits per heavy atom. The fourth-order valence-corrected chi connectivity index (χ4v) is 7.45. The molecular weight excluding hydrogens is 578 g/mol. The van der Waals surface area contributed by atoms with Crippen LogP contribution in [0.4, 0.5) is 0 Å². The molecular formula is C42H27N3O2. The number of fused-ring (bicyclic) bond motifs is 11. The first-order chi connectivity index (χ1) is 23.1. The molecule has 1 aliphatic rings. The van der Waals surface area contributed by atoms with Gasteiger partial charge in [0.25, 0.3) is 0 Å². The summed E-state index contributed by atoms with van der Waals surface area (Å²) in [7, 11) is 0. The number of para-hydroxylation sites is 2. The molecule has 5 heteroatoms. The Bertz CT molecular complexity index is 2650. The van der Waals surface area contributed by atoms with Crippen LogP contribution >= 0.6 is 0 Å². The van der Waals surface area contributed by atoms with Crippen molar-refractivity contribution in [1.29, 1.82) is 0 Å². The van der Waals surface area contributed by atoms with E-state index in [-0.39, 0.29) is 5.41 Å². The zero-order valence-corrected chi connectivity index (χ0v) is 25.8. The van der Waals surface area contributed by atoms with Gasteiger partial charge in [0.05, 0.1) is 0 Å². The second-order valence-electron chi connectivity index (χ2n) is 12.8. The van der Waals surface area contributed by atoms with Crippen molar-refractivity contribution in [3.05, 3.63) is 139 Å². The molecule has 3 aromatic heterocycles. The van der Waals surface area contributed by atoms with Gasteiger partial charge in [-0.3, -0.25) is 0 Å². The van der Waals surface area contributed by atoms with Gasteiger partial charge in [-0.1, -0.05) is 123 Å². The summed E-state index contributed by atoms with van der Waals surface area (Å²) < 4.78 is 13.5. The molecule has 0 aliphatic heterocycles. The first kappa shape index (κ1) is 26.2.